The van der Waals surface area contributed by atoms with Crippen LogP contribution in [-0.4, -0.2) is 64.4 Å². The molecule has 8 nitrogen and oxygen atoms in total. The van der Waals surface area contributed by atoms with Crippen LogP contribution in [0.15, 0.2) is 54.6 Å². The van der Waals surface area contributed by atoms with Crippen molar-refractivity contribution < 1.29 is 14.4 Å². The fourth-order valence-electron chi connectivity index (χ4n) is 6.24. The normalized spacial score (nSPS) is 24.5. The van der Waals surface area contributed by atoms with Crippen molar-refractivity contribution in [2.75, 3.05) is 25.0 Å². The van der Waals surface area contributed by atoms with Crippen molar-refractivity contribution in [2.45, 2.75) is 69.6 Å². The van der Waals surface area contributed by atoms with Crippen LogP contribution < -0.4 is 10.6 Å². The molecule has 3 aliphatic heterocycles. The molecule has 0 unspecified atom stereocenters. The van der Waals surface area contributed by atoms with Crippen LogP contribution >= 0.6 is 0 Å². The lowest BCUT2D eigenvalue weighted by Crippen LogP contribution is -2.55. The SMILES string of the molecule is O=C(N[C@@H]1CCC[C@H](c2ccccc2)N(CC2CC2)C1=O)N1CCC(N2Cc3ccccc3NC2=O)CC1. The quantitative estimate of drug-likeness (QED) is 0.603. The van der Waals surface area contributed by atoms with Gasteiger partial charge in [0.1, 0.15) is 6.04 Å². The predicted molar refractivity (Wildman–Crippen MR) is 145 cm³/mol. The van der Waals surface area contributed by atoms with Gasteiger partial charge in [-0.3, -0.25) is 4.79 Å². The molecule has 6 rings (SSSR count). The summed E-state index contributed by atoms with van der Waals surface area (Å²) in [4.78, 5) is 45.5. The van der Waals surface area contributed by atoms with E-state index in [1.165, 1.54) is 18.4 Å². The number of hydrogen-bond acceptors (Lipinski definition) is 3. The zero-order valence-electron chi connectivity index (χ0n) is 21.9. The fourth-order valence-corrected chi connectivity index (χ4v) is 6.24. The van der Waals surface area contributed by atoms with E-state index in [1.807, 2.05) is 57.2 Å². The first-order valence-electron chi connectivity index (χ1n) is 14.1. The number of carbonyl (C=O) groups excluding carboxylic acids is 3. The van der Waals surface area contributed by atoms with Gasteiger partial charge in [0.15, 0.2) is 0 Å². The van der Waals surface area contributed by atoms with Gasteiger partial charge in [-0.2, -0.15) is 0 Å². The summed E-state index contributed by atoms with van der Waals surface area (Å²) in [5.41, 5.74) is 3.17. The number of urea groups is 2. The molecule has 1 saturated carbocycles. The van der Waals surface area contributed by atoms with Gasteiger partial charge in [-0.25, -0.2) is 9.59 Å². The minimum Gasteiger partial charge on any atom is -0.334 e. The van der Waals surface area contributed by atoms with E-state index < -0.39 is 6.04 Å². The molecule has 0 bridgehead atoms. The van der Waals surface area contributed by atoms with Gasteiger partial charge in [-0.1, -0.05) is 48.5 Å². The Balaban J connectivity index is 1.07. The topological polar surface area (TPSA) is 85.0 Å². The summed E-state index contributed by atoms with van der Waals surface area (Å²) in [6.07, 6.45) is 6.29. The highest BCUT2D eigenvalue weighted by molar-refractivity contribution is 5.92. The van der Waals surface area contributed by atoms with Crippen LogP contribution in [0.3, 0.4) is 0 Å². The zero-order chi connectivity index (χ0) is 26.1. The first kappa shape index (κ1) is 24.8. The van der Waals surface area contributed by atoms with Crippen LogP contribution in [0.4, 0.5) is 15.3 Å². The standard InChI is InChI=1S/C30H37N5O3/c36-28-26(11-6-12-27(22-7-2-1-3-8-22)35(28)19-21-13-14-21)32-29(37)33-17-15-24(16-18-33)34-20-23-9-4-5-10-25(23)31-30(34)38/h1-5,7-10,21,24,26-27H,6,11-20H2,(H,31,38)(H,32,37)/t26-,27-/m1/s1. The molecule has 0 spiro atoms. The van der Waals surface area contributed by atoms with Crippen molar-refractivity contribution in [1.29, 1.82) is 0 Å². The molecule has 0 radical (unpaired) electrons. The Morgan fingerprint density at radius 1 is 0.895 bits per heavy atom. The van der Waals surface area contributed by atoms with E-state index in [1.54, 1.807) is 0 Å². The second kappa shape index (κ2) is 10.7. The summed E-state index contributed by atoms with van der Waals surface area (Å²) >= 11 is 0. The molecule has 4 aliphatic rings. The molecule has 8 heteroatoms. The maximum Gasteiger partial charge on any atom is 0.322 e. The summed E-state index contributed by atoms with van der Waals surface area (Å²) in [6, 6.07) is 17.6. The Morgan fingerprint density at radius 2 is 1.63 bits per heavy atom. The van der Waals surface area contributed by atoms with E-state index in [9.17, 15) is 14.4 Å². The summed E-state index contributed by atoms with van der Waals surface area (Å²) in [5, 5.41) is 6.09. The van der Waals surface area contributed by atoms with Gasteiger partial charge in [0.2, 0.25) is 5.91 Å². The number of para-hydroxylation sites is 1. The predicted octanol–water partition coefficient (Wildman–Crippen LogP) is 4.74. The molecule has 3 fully saturated rings. The minimum atomic E-state index is -0.489. The Bertz CT molecular complexity index is 1180. The van der Waals surface area contributed by atoms with Gasteiger partial charge >= 0.3 is 12.1 Å². The van der Waals surface area contributed by atoms with Crippen LogP contribution in [0.1, 0.15) is 62.1 Å². The molecule has 2 aromatic rings. The molecular weight excluding hydrogens is 478 g/mol. The molecule has 2 atom stereocenters. The van der Waals surface area contributed by atoms with Crippen LogP contribution in [-0.2, 0) is 11.3 Å². The van der Waals surface area contributed by atoms with Crippen molar-refractivity contribution in [2.24, 2.45) is 5.92 Å². The average molecular weight is 516 g/mol. The maximum atomic E-state index is 13.7. The number of likely N-dealkylation sites (tertiary alicyclic amines) is 2. The average Bonchev–Trinajstić information content (AvgIpc) is 3.79. The number of anilines is 1. The van der Waals surface area contributed by atoms with E-state index in [4.69, 9.17) is 0 Å². The van der Waals surface area contributed by atoms with Gasteiger partial charge in [0, 0.05) is 37.9 Å². The summed E-state index contributed by atoms with van der Waals surface area (Å²) in [5.74, 6) is 0.632. The maximum absolute atomic E-state index is 13.7. The Hall–Kier alpha value is -3.55. The van der Waals surface area contributed by atoms with Gasteiger partial charge in [-0.05, 0) is 68.1 Å². The van der Waals surface area contributed by atoms with E-state index >= 15 is 0 Å². The van der Waals surface area contributed by atoms with Crippen LogP contribution in [0.25, 0.3) is 0 Å². The Morgan fingerprint density at radius 3 is 2.39 bits per heavy atom. The van der Waals surface area contributed by atoms with Gasteiger partial charge in [0.25, 0.3) is 0 Å². The van der Waals surface area contributed by atoms with E-state index in [2.05, 4.69) is 22.8 Å². The third-order valence-corrected chi connectivity index (χ3v) is 8.61. The number of amides is 5. The lowest BCUT2D eigenvalue weighted by Gasteiger charge is -2.41. The molecule has 2 aromatic carbocycles. The number of rotatable bonds is 5. The van der Waals surface area contributed by atoms with Crippen LogP contribution in [0.2, 0.25) is 0 Å². The third kappa shape index (κ3) is 5.22. The van der Waals surface area contributed by atoms with Crippen molar-refractivity contribution in [3.8, 4) is 0 Å². The Kier molecular flexibility index (Phi) is 6.96. The van der Waals surface area contributed by atoms with Crippen LogP contribution in [0.5, 0.6) is 0 Å². The smallest absolute Gasteiger partial charge is 0.322 e. The number of nitrogens with zero attached hydrogens (tertiary/aromatic N) is 3. The van der Waals surface area contributed by atoms with E-state index in [0.29, 0.717) is 32.0 Å². The monoisotopic (exact) mass is 515 g/mol. The molecule has 1 aliphatic carbocycles. The minimum absolute atomic E-state index is 0.0511. The van der Waals surface area contributed by atoms with Gasteiger partial charge in [0.05, 0.1) is 6.04 Å². The second-order valence-electron chi connectivity index (χ2n) is 11.2. The first-order valence-corrected chi connectivity index (χ1v) is 14.1. The molecule has 2 saturated heterocycles. The Labute approximate surface area is 224 Å². The number of benzene rings is 2. The highest BCUT2D eigenvalue weighted by Gasteiger charge is 2.39. The molecule has 5 amide bonds. The molecular formula is C30H37N5O3. The molecule has 0 aromatic heterocycles. The lowest BCUT2D eigenvalue weighted by molar-refractivity contribution is -0.135. The summed E-state index contributed by atoms with van der Waals surface area (Å²) < 4.78 is 0. The van der Waals surface area contributed by atoms with Crippen molar-refractivity contribution >= 4 is 23.7 Å². The molecule has 38 heavy (non-hydrogen) atoms. The lowest BCUT2D eigenvalue weighted by atomic mass is 10.0. The van der Waals surface area contributed by atoms with E-state index in [-0.39, 0.29) is 30.1 Å². The number of nitrogens with one attached hydrogen (secondary N) is 2. The molecule has 200 valence electrons. The van der Waals surface area contributed by atoms with Gasteiger partial charge in [-0.15, -0.1) is 0 Å². The second-order valence-corrected chi connectivity index (χ2v) is 11.2. The number of hydrogen-bond donors (Lipinski definition) is 2. The number of carbonyl (C=O) groups is 3. The van der Waals surface area contributed by atoms with Crippen molar-refractivity contribution in [3.63, 3.8) is 0 Å². The third-order valence-electron chi connectivity index (χ3n) is 8.61. The molecule has 3 heterocycles. The summed E-state index contributed by atoms with van der Waals surface area (Å²) in [6.45, 7) is 2.51. The van der Waals surface area contributed by atoms with Crippen molar-refractivity contribution in [3.05, 3.63) is 65.7 Å². The zero-order valence-corrected chi connectivity index (χ0v) is 21.9. The first-order chi connectivity index (χ1) is 18.6. The highest BCUT2D eigenvalue weighted by atomic mass is 16.2. The van der Waals surface area contributed by atoms with E-state index in [0.717, 1.165) is 43.5 Å². The largest absolute Gasteiger partial charge is 0.334 e. The van der Waals surface area contributed by atoms with Crippen LogP contribution in [0, 0.1) is 5.92 Å². The number of piperidine rings is 1. The fraction of sp³-hybridized carbons (Fsp3) is 0.500. The summed E-state index contributed by atoms with van der Waals surface area (Å²) in [7, 11) is 0. The highest BCUT2D eigenvalue weighted by Crippen LogP contribution is 2.37. The van der Waals surface area contributed by atoms with Gasteiger partial charge < -0.3 is 25.3 Å². The molecule has 2 N–H and O–H groups in total. The number of fused-ring (bicyclic) bond motifs is 1. The van der Waals surface area contributed by atoms with Crippen molar-refractivity contribution in [1.82, 2.24) is 20.0 Å².